The molecule has 0 unspecified atom stereocenters. The van der Waals surface area contributed by atoms with Gasteiger partial charge in [-0.2, -0.15) is 0 Å². The second-order valence-corrected chi connectivity index (χ2v) is 7.04. The van der Waals surface area contributed by atoms with Crippen LogP contribution >= 0.6 is 11.6 Å². The van der Waals surface area contributed by atoms with E-state index in [4.69, 9.17) is 11.6 Å². The van der Waals surface area contributed by atoms with E-state index in [0.717, 1.165) is 42.3 Å². The molecule has 0 amide bonds. The fourth-order valence-corrected chi connectivity index (χ4v) is 3.59. The van der Waals surface area contributed by atoms with E-state index in [1.807, 2.05) is 36.5 Å². The van der Waals surface area contributed by atoms with Gasteiger partial charge in [0.05, 0.1) is 6.10 Å². The molecule has 0 aliphatic carbocycles. The molecule has 5 heteroatoms. The Morgan fingerprint density at radius 3 is 2.52 bits per heavy atom. The average Bonchev–Trinajstić information content (AvgIpc) is 3.11. The van der Waals surface area contributed by atoms with Crippen molar-refractivity contribution in [3.05, 3.63) is 65.3 Å². The number of nitrogens with one attached hydrogen (secondary N) is 1. The zero-order valence-corrected chi connectivity index (χ0v) is 14.8. The monoisotopic (exact) mass is 355 g/mol. The largest absolute Gasteiger partial charge is 0.387 e. The molecule has 1 aliphatic rings. The zero-order valence-electron chi connectivity index (χ0n) is 14.0. The third kappa shape index (κ3) is 3.66. The second-order valence-electron chi connectivity index (χ2n) is 6.60. The number of aliphatic hydroxyl groups excluding tert-OH is 1. The molecule has 1 aromatic heterocycles. The van der Waals surface area contributed by atoms with Crippen LogP contribution in [0.5, 0.6) is 0 Å². The number of anilines is 1. The number of H-pyrrole nitrogens is 1. The second kappa shape index (κ2) is 7.08. The molecule has 0 saturated carbocycles. The first-order valence-corrected chi connectivity index (χ1v) is 9.05. The molecule has 0 spiro atoms. The van der Waals surface area contributed by atoms with Gasteiger partial charge >= 0.3 is 0 Å². The molecule has 2 heterocycles. The lowest BCUT2D eigenvalue weighted by molar-refractivity contribution is 0.109. The highest BCUT2D eigenvalue weighted by atomic mass is 35.5. The number of piperazine rings is 1. The van der Waals surface area contributed by atoms with Crippen LogP contribution < -0.4 is 4.90 Å². The number of aromatic nitrogens is 1. The van der Waals surface area contributed by atoms with Crippen molar-refractivity contribution in [2.75, 3.05) is 37.6 Å². The molecular weight excluding hydrogens is 334 g/mol. The van der Waals surface area contributed by atoms with E-state index in [9.17, 15) is 5.11 Å². The van der Waals surface area contributed by atoms with Gasteiger partial charge in [0.1, 0.15) is 0 Å². The fourth-order valence-electron chi connectivity index (χ4n) is 3.46. The standard InChI is InChI=1S/C20H22ClN3O/c21-17-3-5-18(6-4-17)24-11-9-23(10-12-24)14-20(25)16-2-1-15-7-8-22-19(15)13-16/h1-8,13,20,22,25H,9-12,14H2/t20-/m0/s1. The summed E-state index contributed by atoms with van der Waals surface area (Å²) in [4.78, 5) is 7.90. The molecule has 1 aliphatic heterocycles. The lowest BCUT2D eigenvalue weighted by atomic mass is 10.1. The lowest BCUT2D eigenvalue weighted by Gasteiger charge is -2.37. The summed E-state index contributed by atoms with van der Waals surface area (Å²) in [5, 5.41) is 12.5. The molecule has 4 rings (SSSR count). The lowest BCUT2D eigenvalue weighted by Crippen LogP contribution is -2.47. The quantitative estimate of drug-likeness (QED) is 0.750. The highest BCUT2D eigenvalue weighted by molar-refractivity contribution is 6.30. The number of hydrogen-bond donors (Lipinski definition) is 2. The van der Waals surface area contributed by atoms with Crippen molar-refractivity contribution in [1.82, 2.24) is 9.88 Å². The van der Waals surface area contributed by atoms with Crippen LogP contribution in [-0.2, 0) is 0 Å². The predicted molar refractivity (Wildman–Crippen MR) is 103 cm³/mol. The number of hydrogen-bond acceptors (Lipinski definition) is 3. The first-order valence-electron chi connectivity index (χ1n) is 8.67. The van der Waals surface area contributed by atoms with Gasteiger partial charge in [0.25, 0.3) is 0 Å². The Bertz CT molecular complexity index is 838. The van der Waals surface area contributed by atoms with Crippen LogP contribution in [0.4, 0.5) is 5.69 Å². The zero-order chi connectivity index (χ0) is 17.2. The number of aliphatic hydroxyl groups is 1. The van der Waals surface area contributed by atoms with Gasteiger partial charge in [0, 0.05) is 55.1 Å². The summed E-state index contributed by atoms with van der Waals surface area (Å²) < 4.78 is 0. The average molecular weight is 356 g/mol. The van der Waals surface area contributed by atoms with E-state index in [1.165, 1.54) is 11.1 Å². The maximum absolute atomic E-state index is 10.6. The Balaban J connectivity index is 1.35. The minimum atomic E-state index is -0.463. The van der Waals surface area contributed by atoms with Crippen molar-refractivity contribution in [3.63, 3.8) is 0 Å². The number of nitrogens with zero attached hydrogens (tertiary/aromatic N) is 2. The van der Waals surface area contributed by atoms with Gasteiger partial charge in [0.2, 0.25) is 0 Å². The highest BCUT2D eigenvalue weighted by Gasteiger charge is 2.20. The number of aromatic amines is 1. The molecule has 130 valence electrons. The van der Waals surface area contributed by atoms with Crippen molar-refractivity contribution in [2.24, 2.45) is 0 Å². The van der Waals surface area contributed by atoms with E-state index in [1.54, 1.807) is 0 Å². The van der Waals surface area contributed by atoms with Crippen molar-refractivity contribution >= 4 is 28.2 Å². The molecular formula is C20H22ClN3O. The smallest absolute Gasteiger partial charge is 0.0917 e. The minimum Gasteiger partial charge on any atom is -0.387 e. The van der Waals surface area contributed by atoms with Crippen LogP contribution in [0.1, 0.15) is 11.7 Å². The third-order valence-corrected chi connectivity index (χ3v) is 5.21. The maximum atomic E-state index is 10.6. The number of β-amino-alcohol motifs (C(OH)–C–C–N with tert-alkyl or cyclic N) is 1. The van der Waals surface area contributed by atoms with Gasteiger partial charge in [0.15, 0.2) is 0 Å². The molecule has 25 heavy (non-hydrogen) atoms. The molecule has 2 N–H and O–H groups in total. The van der Waals surface area contributed by atoms with Crippen LogP contribution in [-0.4, -0.2) is 47.7 Å². The number of fused-ring (bicyclic) bond motifs is 1. The highest BCUT2D eigenvalue weighted by Crippen LogP contribution is 2.22. The van der Waals surface area contributed by atoms with E-state index < -0.39 is 6.10 Å². The summed E-state index contributed by atoms with van der Waals surface area (Å²) in [5.41, 5.74) is 3.25. The molecule has 0 bridgehead atoms. The normalized spacial score (nSPS) is 17.1. The molecule has 0 radical (unpaired) electrons. The van der Waals surface area contributed by atoms with E-state index in [2.05, 4.69) is 33.0 Å². The van der Waals surface area contributed by atoms with Crippen LogP contribution in [0.2, 0.25) is 5.02 Å². The number of halogens is 1. The Labute approximate surface area is 152 Å². The van der Waals surface area contributed by atoms with Crippen LogP contribution in [0, 0.1) is 0 Å². The number of rotatable bonds is 4. The van der Waals surface area contributed by atoms with Gasteiger partial charge < -0.3 is 15.0 Å². The maximum Gasteiger partial charge on any atom is 0.0917 e. The molecule has 4 nitrogen and oxygen atoms in total. The van der Waals surface area contributed by atoms with E-state index in [0.29, 0.717) is 6.54 Å². The SMILES string of the molecule is O[C@@H](CN1CCN(c2ccc(Cl)cc2)CC1)c1ccc2cc[nH]c2c1. The van der Waals surface area contributed by atoms with Gasteiger partial charge in [-0.05, 0) is 47.3 Å². The minimum absolute atomic E-state index is 0.463. The van der Waals surface area contributed by atoms with Gasteiger partial charge in [-0.15, -0.1) is 0 Å². The van der Waals surface area contributed by atoms with Crippen molar-refractivity contribution in [2.45, 2.75) is 6.10 Å². The Hall–Kier alpha value is -2.01. The summed E-state index contributed by atoms with van der Waals surface area (Å²) in [6, 6.07) is 16.2. The topological polar surface area (TPSA) is 42.5 Å². The van der Waals surface area contributed by atoms with Crippen LogP contribution in [0.15, 0.2) is 54.7 Å². The predicted octanol–water partition coefficient (Wildman–Crippen LogP) is 3.68. The van der Waals surface area contributed by atoms with E-state index >= 15 is 0 Å². The third-order valence-electron chi connectivity index (χ3n) is 4.96. The van der Waals surface area contributed by atoms with Gasteiger partial charge in [-0.25, -0.2) is 0 Å². The van der Waals surface area contributed by atoms with Crippen LogP contribution in [0.3, 0.4) is 0 Å². The molecule has 1 saturated heterocycles. The fraction of sp³-hybridized carbons (Fsp3) is 0.300. The van der Waals surface area contributed by atoms with Crippen molar-refractivity contribution in [1.29, 1.82) is 0 Å². The molecule has 2 aromatic carbocycles. The summed E-state index contributed by atoms with van der Waals surface area (Å²) in [6.07, 6.45) is 1.46. The van der Waals surface area contributed by atoms with Crippen molar-refractivity contribution in [3.8, 4) is 0 Å². The molecule has 3 aromatic rings. The Kier molecular flexibility index (Phi) is 4.66. The Morgan fingerprint density at radius 1 is 1.00 bits per heavy atom. The number of benzene rings is 2. The van der Waals surface area contributed by atoms with Gasteiger partial charge in [-0.3, -0.25) is 4.90 Å². The summed E-state index contributed by atoms with van der Waals surface area (Å²) in [5.74, 6) is 0. The summed E-state index contributed by atoms with van der Waals surface area (Å²) >= 11 is 5.96. The molecule has 1 fully saturated rings. The first-order chi connectivity index (χ1) is 12.2. The summed E-state index contributed by atoms with van der Waals surface area (Å²) in [7, 11) is 0. The van der Waals surface area contributed by atoms with E-state index in [-0.39, 0.29) is 0 Å². The summed E-state index contributed by atoms with van der Waals surface area (Å²) in [6.45, 7) is 4.49. The molecule has 1 atom stereocenters. The Morgan fingerprint density at radius 2 is 1.76 bits per heavy atom. The first kappa shape index (κ1) is 16.5. The van der Waals surface area contributed by atoms with Gasteiger partial charge in [-0.1, -0.05) is 23.7 Å². The van der Waals surface area contributed by atoms with Crippen LogP contribution in [0.25, 0.3) is 10.9 Å². The van der Waals surface area contributed by atoms with Crippen molar-refractivity contribution < 1.29 is 5.11 Å².